The molecule has 0 radical (unpaired) electrons. The molecule has 0 atom stereocenters. The van der Waals surface area contributed by atoms with Gasteiger partial charge in [-0.15, -0.1) is 0 Å². The van der Waals surface area contributed by atoms with Crippen molar-refractivity contribution >= 4 is 35.4 Å². The second-order valence-corrected chi connectivity index (χ2v) is 4.81. The van der Waals surface area contributed by atoms with Gasteiger partial charge in [-0.1, -0.05) is 12.6 Å². The summed E-state index contributed by atoms with van der Waals surface area (Å²) in [7, 11) is 0. The fraction of sp³-hybridized carbons (Fsp3) is 0.778. The maximum Gasteiger partial charge on any atom is 0.410 e. The Morgan fingerprint density at radius 1 is 1.33 bits per heavy atom. The Morgan fingerprint density at radius 2 is 2.00 bits per heavy atom. The molecule has 2 aliphatic carbocycles. The summed E-state index contributed by atoms with van der Waals surface area (Å²) in [6.07, 6.45) is 5.43. The van der Waals surface area contributed by atoms with E-state index in [2.05, 4.69) is 22.4 Å². The van der Waals surface area contributed by atoms with Crippen molar-refractivity contribution in [3.8, 4) is 0 Å². The van der Waals surface area contributed by atoms with Gasteiger partial charge in [-0.25, -0.2) is 14.6 Å². The molecule has 2 bridgehead atoms. The Balaban J connectivity index is 1.81. The highest BCUT2D eigenvalue weighted by atomic mass is 32.1. The van der Waals surface area contributed by atoms with E-state index in [4.69, 9.17) is 17.0 Å². The van der Waals surface area contributed by atoms with Crippen LogP contribution < -0.4 is 0 Å². The molecular formula is C9H12O4S2. The Labute approximate surface area is 98.6 Å². The maximum atomic E-state index is 10.3. The van der Waals surface area contributed by atoms with Crippen LogP contribution in [-0.2, 0) is 14.5 Å². The van der Waals surface area contributed by atoms with Gasteiger partial charge in [-0.2, -0.15) is 0 Å². The van der Waals surface area contributed by atoms with Crippen LogP contribution in [0.15, 0.2) is 0 Å². The van der Waals surface area contributed by atoms with Crippen LogP contribution in [-0.4, -0.2) is 16.1 Å². The van der Waals surface area contributed by atoms with Gasteiger partial charge in [0, 0.05) is 12.2 Å². The molecule has 0 N–H and O–H groups in total. The van der Waals surface area contributed by atoms with Gasteiger partial charge in [0.05, 0.1) is 0 Å². The van der Waals surface area contributed by atoms with E-state index in [1.54, 1.807) is 0 Å². The minimum absolute atomic E-state index is 0.125. The Hall–Kier alpha value is -0.490. The Bertz CT molecular complexity index is 284. The van der Waals surface area contributed by atoms with E-state index in [-0.39, 0.29) is 10.8 Å². The molecule has 0 aromatic heterocycles. The zero-order valence-corrected chi connectivity index (χ0v) is 9.81. The molecule has 2 aliphatic rings. The summed E-state index contributed by atoms with van der Waals surface area (Å²) >= 11 is 8.18. The number of hydrogen-bond donors (Lipinski definition) is 1. The first-order valence-corrected chi connectivity index (χ1v) is 5.76. The average Bonchev–Trinajstić information content (AvgIpc) is 2.74. The first-order valence-electron chi connectivity index (χ1n) is 4.90. The molecule has 84 valence electrons. The fourth-order valence-corrected chi connectivity index (χ4v) is 2.79. The van der Waals surface area contributed by atoms with Crippen LogP contribution in [0.5, 0.6) is 0 Å². The first-order chi connectivity index (χ1) is 7.10. The van der Waals surface area contributed by atoms with E-state index in [1.807, 2.05) is 0 Å². The second kappa shape index (κ2) is 4.17. The minimum atomic E-state index is -0.839. The van der Waals surface area contributed by atoms with Gasteiger partial charge >= 0.3 is 10.5 Å². The number of thiocarbonyl (C=S) groups is 1. The van der Waals surface area contributed by atoms with E-state index in [9.17, 15) is 4.79 Å². The van der Waals surface area contributed by atoms with Gasteiger partial charge in [-0.3, -0.25) is 0 Å². The third-order valence-corrected chi connectivity index (χ3v) is 3.38. The van der Waals surface area contributed by atoms with Crippen molar-refractivity contribution in [3.05, 3.63) is 0 Å². The third kappa shape index (κ3) is 2.55. The molecule has 0 spiro atoms. The topological polar surface area (TPSA) is 44.8 Å². The van der Waals surface area contributed by atoms with Gasteiger partial charge in [0.1, 0.15) is 5.60 Å². The summed E-state index contributed by atoms with van der Waals surface area (Å²) < 4.78 is 5.54. The molecule has 2 fully saturated rings. The number of hydrogen-bond acceptors (Lipinski definition) is 5. The molecule has 15 heavy (non-hydrogen) atoms. The van der Waals surface area contributed by atoms with Crippen molar-refractivity contribution in [1.29, 1.82) is 0 Å². The van der Waals surface area contributed by atoms with Crippen LogP contribution in [0.2, 0.25) is 0 Å². The number of carbonyl (C=O) groups excluding carboxylic acids is 1. The van der Waals surface area contributed by atoms with Crippen LogP contribution in [0.3, 0.4) is 0 Å². The molecule has 0 aromatic carbocycles. The number of rotatable bonds is 1. The largest absolute Gasteiger partial charge is 0.448 e. The van der Waals surface area contributed by atoms with Crippen LogP contribution in [0, 0.1) is 5.92 Å². The molecule has 0 aliphatic heterocycles. The summed E-state index contributed by atoms with van der Waals surface area (Å²) in [5, 5.41) is -0.964. The zero-order chi connectivity index (χ0) is 10.9. The zero-order valence-electron chi connectivity index (χ0n) is 8.10. The van der Waals surface area contributed by atoms with Gasteiger partial charge in [-0.05, 0) is 38.0 Å². The Kier molecular flexibility index (Phi) is 3.06. The van der Waals surface area contributed by atoms with Crippen molar-refractivity contribution in [2.24, 2.45) is 5.92 Å². The van der Waals surface area contributed by atoms with Crippen molar-refractivity contribution in [3.63, 3.8) is 0 Å². The van der Waals surface area contributed by atoms with E-state index >= 15 is 0 Å². The predicted octanol–water partition coefficient (Wildman–Crippen LogP) is 2.62. The van der Waals surface area contributed by atoms with Crippen LogP contribution in [0.4, 0.5) is 4.79 Å². The van der Waals surface area contributed by atoms with E-state index in [0.29, 0.717) is 0 Å². The van der Waals surface area contributed by atoms with Gasteiger partial charge in [0.15, 0.2) is 0 Å². The summed E-state index contributed by atoms with van der Waals surface area (Å²) in [5.41, 5.74) is -0.162. The molecular weight excluding hydrogens is 236 g/mol. The highest BCUT2D eigenvalue weighted by Crippen LogP contribution is 2.50. The monoisotopic (exact) mass is 248 g/mol. The summed E-state index contributed by atoms with van der Waals surface area (Å²) in [6.45, 7) is 0. The van der Waals surface area contributed by atoms with Crippen molar-refractivity contribution in [1.82, 2.24) is 0 Å². The Morgan fingerprint density at radius 3 is 2.47 bits per heavy atom. The standard InChI is InChI=1S/C9H12O4S2/c10-7(14)12-13-8(15)11-9-3-1-6(5-9)2-4-9/h6H,1-5H2,(H,10,14). The number of carbonyl (C=O) groups is 1. The normalized spacial score (nSPS) is 32.5. The molecule has 0 aromatic rings. The molecule has 4 nitrogen and oxygen atoms in total. The van der Waals surface area contributed by atoms with Gasteiger partial charge < -0.3 is 4.74 Å². The van der Waals surface area contributed by atoms with E-state index in [1.165, 1.54) is 12.8 Å². The highest BCUT2D eigenvalue weighted by Gasteiger charge is 2.47. The maximum absolute atomic E-state index is 10.3. The highest BCUT2D eigenvalue weighted by molar-refractivity contribution is 7.96. The van der Waals surface area contributed by atoms with Crippen LogP contribution >= 0.6 is 24.8 Å². The smallest absolute Gasteiger partial charge is 0.410 e. The van der Waals surface area contributed by atoms with Crippen LogP contribution in [0.1, 0.15) is 32.1 Å². The summed E-state index contributed by atoms with van der Waals surface area (Å²) in [6, 6.07) is 0. The van der Waals surface area contributed by atoms with E-state index in [0.717, 1.165) is 25.2 Å². The molecule has 0 amide bonds. The van der Waals surface area contributed by atoms with Crippen molar-refractivity contribution in [2.75, 3.05) is 0 Å². The summed E-state index contributed by atoms with van der Waals surface area (Å²) in [4.78, 5) is 19.0. The fourth-order valence-electron chi connectivity index (χ4n) is 2.55. The quantitative estimate of drug-likeness (QED) is 0.334. The SMILES string of the molecule is O=C(S)OOC(=S)OC12CCC(CC1)C2. The minimum Gasteiger partial charge on any atom is -0.448 e. The van der Waals surface area contributed by atoms with Gasteiger partial charge in [0.25, 0.3) is 0 Å². The molecule has 0 saturated heterocycles. The molecule has 6 heteroatoms. The average molecular weight is 248 g/mol. The molecule has 0 unspecified atom stereocenters. The van der Waals surface area contributed by atoms with Crippen molar-refractivity contribution < 1.29 is 19.3 Å². The lowest BCUT2D eigenvalue weighted by atomic mass is 9.97. The van der Waals surface area contributed by atoms with Gasteiger partial charge in [0.2, 0.25) is 0 Å². The lowest BCUT2D eigenvalue weighted by molar-refractivity contribution is -0.174. The lowest BCUT2D eigenvalue weighted by Gasteiger charge is -2.26. The first kappa shape index (κ1) is 11.0. The molecule has 2 rings (SSSR count). The number of ether oxygens (including phenoxy) is 1. The number of thiol groups is 1. The van der Waals surface area contributed by atoms with Crippen LogP contribution in [0.25, 0.3) is 0 Å². The molecule has 0 heterocycles. The third-order valence-electron chi connectivity index (χ3n) is 3.16. The van der Waals surface area contributed by atoms with Crippen molar-refractivity contribution in [2.45, 2.75) is 37.7 Å². The number of fused-ring (bicyclic) bond motifs is 2. The molecule has 2 saturated carbocycles. The van der Waals surface area contributed by atoms with E-state index < -0.39 is 5.30 Å². The predicted molar refractivity (Wildman–Crippen MR) is 59.5 cm³/mol. The second-order valence-electron chi connectivity index (χ2n) is 4.12. The summed E-state index contributed by atoms with van der Waals surface area (Å²) in [5.74, 6) is 0.764. The lowest BCUT2D eigenvalue weighted by Crippen LogP contribution is -2.30.